The molecular formula is C18H23N3O2S. The molecule has 1 fully saturated rings. The summed E-state index contributed by atoms with van der Waals surface area (Å²) in [7, 11) is -3.42. The lowest BCUT2D eigenvalue weighted by Gasteiger charge is -2.32. The first-order valence-corrected chi connectivity index (χ1v) is 9.75. The molecule has 2 aromatic rings. The van der Waals surface area contributed by atoms with Crippen LogP contribution in [0.1, 0.15) is 18.4 Å². The van der Waals surface area contributed by atoms with Gasteiger partial charge in [0.05, 0.1) is 4.90 Å². The highest BCUT2D eigenvalue weighted by molar-refractivity contribution is 7.89. The summed E-state index contributed by atoms with van der Waals surface area (Å²) in [5.41, 5.74) is 1.05. The van der Waals surface area contributed by atoms with Crippen molar-refractivity contribution in [1.29, 1.82) is 0 Å². The minimum atomic E-state index is -3.42. The highest BCUT2D eigenvalue weighted by atomic mass is 32.2. The summed E-state index contributed by atoms with van der Waals surface area (Å²) in [5, 5.41) is 0. The van der Waals surface area contributed by atoms with Gasteiger partial charge in [0.25, 0.3) is 0 Å². The summed E-state index contributed by atoms with van der Waals surface area (Å²) in [6.45, 7) is 4.26. The molecule has 0 spiro atoms. The molecule has 2 heterocycles. The first-order chi connectivity index (χ1) is 11.5. The van der Waals surface area contributed by atoms with Gasteiger partial charge in [0.15, 0.2) is 0 Å². The second-order valence-corrected chi connectivity index (χ2v) is 8.05. The van der Waals surface area contributed by atoms with E-state index in [-0.39, 0.29) is 0 Å². The molecule has 1 aromatic heterocycles. The Balaban J connectivity index is 1.52. The zero-order valence-corrected chi connectivity index (χ0v) is 14.7. The van der Waals surface area contributed by atoms with Crippen molar-refractivity contribution in [2.24, 2.45) is 5.92 Å². The molecule has 1 N–H and O–H groups in total. The molecule has 24 heavy (non-hydrogen) atoms. The maximum absolute atomic E-state index is 12.3. The van der Waals surface area contributed by atoms with Crippen molar-refractivity contribution < 1.29 is 8.42 Å². The van der Waals surface area contributed by atoms with Crippen molar-refractivity contribution in [3.8, 4) is 0 Å². The van der Waals surface area contributed by atoms with Gasteiger partial charge in [0, 0.05) is 25.8 Å². The van der Waals surface area contributed by atoms with Crippen LogP contribution in [-0.4, -0.2) is 33.0 Å². The minimum Gasteiger partial charge on any atom is -0.357 e. The van der Waals surface area contributed by atoms with E-state index in [4.69, 9.17) is 0 Å². The standard InChI is InChI=1S/C18H23N3O2S/c1-15-5-7-17(8-6-15)24(22,23)20-14-16-9-12-21(13-10-16)18-4-2-3-11-19-18/h2-8,11,16,20H,9-10,12-14H2,1H3. The van der Waals surface area contributed by atoms with Gasteiger partial charge in [-0.25, -0.2) is 18.1 Å². The van der Waals surface area contributed by atoms with Crippen molar-refractivity contribution in [3.05, 3.63) is 54.2 Å². The van der Waals surface area contributed by atoms with E-state index in [0.717, 1.165) is 37.3 Å². The number of hydrogen-bond acceptors (Lipinski definition) is 4. The van der Waals surface area contributed by atoms with E-state index in [1.54, 1.807) is 18.3 Å². The van der Waals surface area contributed by atoms with Crippen molar-refractivity contribution in [3.63, 3.8) is 0 Å². The van der Waals surface area contributed by atoms with E-state index in [2.05, 4.69) is 14.6 Å². The molecule has 3 rings (SSSR count). The third-order valence-corrected chi connectivity index (χ3v) is 5.92. The molecule has 6 heteroatoms. The van der Waals surface area contributed by atoms with Crippen LogP contribution in [0.4, 0.5) is 5.82 Å². The van der Waals surface area contributed by atoms with Crippen molar-refractivity contribution in [2.75, 3.05) is 24.5 Å². The van der Waals surface area contributed by atoms with Gasteiger partial charge >= 0.3 is 0 Å². The molecule has 0 radical (unpaired) electrons. The zero-order valence-electron chi connectivity index (χ0n) is 13.9. The van der Waals surface area contributed by atoms with E-state index < -0.39 is 10.0 Å². The monoisotopic (exact) mass is 345 g/mol. The molecule has 1 saturated heterocycles. The average Bonchev–Trinajstić information content (AvgIpc) is 2.62. The van der Waals surface area contributed by atoms with Crippen LogP contribution in [0, 0.1) is 12.8 Å². The topological polar surface area (TPSA) is 62.3 Å². The first kappa shape index (κ1) is 16.9. The second-order valence-electron chi connectivity index (χ2n) is 6.28. The number of anilines is 1. The van der Waals surface area contributed by atoms with Gasteiger partial charge in [-0.3, -0.25) is 0 Å². The Morgan fingerprint density at radius 3 is 2.46 bits per heavy atom. The SMILES string of the molecule is Cc1ccc(S(=O)(=O)NCC2CCN(c3ccccn3)CC2)cc1. The number of rotatable bonds is 5. The summed E-state index contributed by atoms with van der Waals surface area (Å²) in [6, 6.07) is 12.9. The molecule has 0 atom stereocenters. The van der Waals surface area contributed by atoms with E-state index in [0.29, 0.717) is 17.4 Å². The van der Waals surface area contributed by atoms with Gasteiger partial charge in [-0.05, 0) is 49.9 Å². The molecule has 0 bridgehead atoms. The number of nitrogens with zero attached hydrogens (tertiary/aromatic N) is 2. The van der Waals surface area contributed by atoms with Gasteiger partial charge in [-0.1, -0.05) is 23.8 Å². The predicted molar refractivity (Wildman–Crippen MR) is 95.5 cm³/mol. The van der Waals surface area contributed by atoms with Crippen LogP contribution in [-0.2, 0) is 10.0 Å². The first-order valence-electron chi connectivity index (χ1n) is 8.27. The smallest absolute Gasteiger partial charge is 0.240 e. The molecule has 1 aromatic carbocycles. The highest BCUT2D eigenvalue weighted by Crippen LogP contribution is 2.21. The van der Waals surface area contributed by atoms with Crippen molar-refractivity contribution >= 4 is 15.8 Å². The average molecular weight is 345 g/mol. The fourth-order valence-corrected chi connectivity index (χ4v) is 4.05. The second kappa shape index (κ2) is 7.32. The maximum atomic E-state index is 12.3. The largest absolute Gasteiger partial charge is 0.357 e. The Hall–Kier alpha value is -1.92. The Kier molecular flexibility index (Phi) is 5.16. The number of benzene rings is 1. The Labute approximate surface area is 143 Å². The lowest BCUT2D eigenvalue weighted by atomic mass is 9.97. The van der Waals surface area contributed by atoms with Gasteiger partial charge in [0.2, 0.25) is 10.0 Å². The summed E-state index contributed by atoms with van der Waals surface area (Å²) in [4.78, 5) is 6.96. The normalized spacial score (nSPS) is 16.3. The molecule has 0 unspecified atom stereocenters. The summed E-state index contributed by atoms with van der Waals surface area (Å²) in [6.07, 6.45) is 3.73. The number of piperidine rings is 1. The number of aryl methyl sites for hydroxylation is 1. The fraction of sp³-hybridized carbons (Fsp3) is 0.389. The molecule has 128 valence electrons. The number of aromatic nitrogens is 1. The van der Waals surface area contributed by atoms with Crippen LogP contribution < -0.4 is 9.62 Å². The predicted octanol–water partition coefficient (Wildman–Crippen LogP) is 2.58. The van der Waals surface area contributed by atoms with Gasteiger partial charge in [-0.2, -0.15) is 0 Å². The van der Waals surface area contributed by atoms with Gasteiger partial charge in [0.1, 0.15) is 5.82 Å². The van der Waals surface area contributed by atoms with Crippen LogP contribution in [0.15, 0.2) is 53.6 Å². The van der Waals surface area contributed by atoms with Gasteiger partial charge < -0.3 is 4.90 Å². The number of nitrogens with one attached hydrogen (secondary N) is 1. The maximum Gasteiger partial charge on any atom is 0.240 e. The lowest BCUT2D eigenvalue weighted by molar-refractivity contribution is 0.400. The highest BCUT2D eigenvalue weighted by Gasteiger charge is 2.22. The Bertz CT molecular complexity index is 753. The zero-order chi connectivity index (χ0) is 17.0. The summed E-state index contributed by atoms with van der Waals surface area (Å²) in [5.74, 6) is 1.36. The summed E-state index contributed by atoms with van der Waals surface area (Å²) < 4.78 is 27.4. The van der Waals surface area contributed by atoms with Crippen LogP contribution in [0.25, 0.3) is 0 Å². The lowest BCUT2D eigenvalue weighted by Crippen LogP contribution is -2.39. The number of hydrogen-bond donors (Lipinski definition) is 1. The Morgan fingerprint density at radius 1 is 1.12 bits per heavy atom. The van der Waals surface area contributed by atoms with Crippen LogP contribution in [0.3, 0.4) is 0 Å². The molecular weight excluding hydrogens is 322 g/mol. The summed E-state index contributed by atoms with van der Waals surface area (Å²) >= 11 is 0. The minimum absolute atomic E-state index is 0.332. The van der Waals surface area contributed by atoms with Gasteiger partial charge in [-0.15, -0.1) is 0 Å². The van der Waals surface area contributed by atoms with Crippen LogP contribution >= 0.6 is 0 Å². The van der Waals surface area contributed by atoms with Crippen LogP contribution in [0.2, 0.25) is 0 Å². The van der Waals surface area contributed by atoms with E-state index in [1.165, 1.54) is 0 Å². The third-order valence-electron chi connectivity index (χ3n) is 4.48. The van der Waals surface area contributed by atoms with E-state index in [9.17, 15) is 8.42 Å². The number of sulfonamides is 1. The molecule has 0 aliphatic carbocycles. The molecule has 0 saturated carbocycles. The molecule has 0 amide bonds. The van der Waals surface area contributed by atoms with Crippen molar-refractivity contribution in [2.45, 2.75) is 24.7 Å². The molecule has 1 aliphatic rings. The fourth-order valence-electron chi connectivity index (χ4n) is 2.94. The van der Waals surface area contributed by atoms with E-state index >= 15 is 0 Å². The van der Waals surface area contributed by atoms with Crippen LogP contribution in [0.5, 0.6) is 0 Å². The molecule has 1 aliphatic heterocycles. The third kappa shape index (κ3) is 4.13. The molecule has 5 nitrogen and oxygen atoms in total. The Morgan fingerprint density at radius 2 is 1.83 bits per heavy atom. The number of pyridine rings is 1. The quantitative estimate of drug-likeness (QED) is 0.905. The van der Waals surface area contributed by atoms with E-state index in [1.807, 2.05) is 37.3 Å². The van der Waals surface area contributed by atoms with Crippen molar-refractivity contribution in [1.82, 2.24) is 9.71 Å².